The molecule has 1 amide bonds. The van der Waals surface area contributed by atoms with E-state index in [1.807, 2.05) is 24.3 Å². The maximum Gasteiger partial charge on any atom is 0.258 e. The zero-order chi connectivity index (χ0) is 15.9. The van der Waals surface area contributed by atoms with Crippen LogP contribution in [0, 0.1) is 0 Å². The number of benzene rings is 2. The van der Waals surface area contributed by atoms with E-state index < -0.39 is 0 Å². The number of carbonyl (C=O) groups excluding carboxylic acids is 1. The third-order valence-electron chi connectivity index (χ3n) is 2.94. The monoisotopic (exact) mass is 339 g/mol. The molecule has 0 saturated heterocycles. The third kappa shape index (κ3) is 4.29. The number of hydrogen-bond donors (Lipinski definition) is 1. The molecule has 0 fully saturated rings. The highest BCUT2D eigenvalue weighted by molar-refractivity contribution is 6.37. The minimum absolute atomic E-state index is 0.168. The molecule has 0 aliphatic heterocycles. The van der Waals surface area contributed by atoms with Crippen molar-refractivity contribution in [3.8, 4) is 11.5 Å². The van der Waals surface area contributed by atoms with E-state index in [0.717, 1.165) is 11.3 Å². The quantitative estimate of drug-likeness (QED) is 0.872. The van der Waals surface area contributed by atoms with Gasteiger partial charge in [0.2, 0.25) is 0 Å². The molecule has 0 aliphatic carbocycles. The predicted molar refractivity (Wildman–Crippen MR) is 86.8 cm³/mol. The molecule has 2 rings (SSSR count). The Bertz CT molecular complexity index is 641. The van der Waals surface area contributed by atoms with Crippen molar-refractivity contribution in [3.63, 3.8) is 0 Å². The highest BCUT2D eigenvalue weighted by Gasteiger charge is 2.10. The van der Waals surface area contributed by atoms with E-state index in [2.05, 4.69) is 5.32 Å². The number of carbonyl (C=O) groups is 1. The van der Waals surface area contributed by atoms with E-state index >= 15 is 0 Å². The minimum Gasteiger partial charge on any atom is -0.496 e. The summed E-state index contributed by atoms with van der Waals surface area (Å²) in [6, 6.07) is 12.5. The van der Waals surface area contributed by atoms with Gasteiger partial charge < -0.3 is 14.8 Å². The van der Waals surface area contributed by atoms with Crippen LogP contribution in [0.1, 0.15) is 5.56 Å². The second-order valence-electron chi connectivity index (χ2n) is 4.43. The zero-order valence-corrected chi connectivity index (χ0v) is 13.4. The number of rotatable bonds is 6. The maximum absolute atomic E-state index is 11.8. The highest BCUT2D eigenvalue weighted by Crippen LogP contribution is 2.32. The molecule has 0 heterocycles. The van der Waals surface area contributed by atoms with Gasteiger partial charge in [-0.05, 0) is 18.2 Å². The van der Waals surface area contributed by atoms with Crippen LogP contribution in [-0.2, 0) is 11.3 Å². The fourth-order valence-electron chi connectivity index (χ4n) is 1.85. The molecule has 0 atom stereocenters. The van der Waals surface area contributed by atoms with E-state index in [1.165, 1.54) is 0 Å². The van der Waals surface area contributed by atoms with Gasteiger partial charge in [0.25, 0.3) is 5.91 Å². The van der Waals surface area contributed by atoms with Crippen LogP contribution in [0.25, 0.3) is 0 Å². The summed E-state index contributed by atoms with van der Waals surface area (Å²) >= 11 is 11.9. The zero-order valence-electron chi connectivity index (χ0n) is 11.9. The first kappa shape index (κ1) is 16.5. The van der Waals surface area contributed by atoms with Gasteiger partial charge >= 0.3 is 0 Å². The van der Waals surface area contributed by atoms with Crippen LogP contribution in [-0.4, -0.2) is 19.6 Å². The molecule has 0 aliphatic rings. The minimum atomic E-state index is -0.276. The molecule has 116 valence electrons. The lowest BCUT2D eigenvalue weighted by Gasteiger charge is -2.11. The summed E-state index contributed by atoms with van der Waals surface area (Å²) in [7, 11) is 1.59. The second-order valence-corrected chi connectivity index (χ2v) is 5.24. The molecule has 0 unspecified atom stereocenters. The first-order valence-corrected chi connectivity index (χ1v) is 7.33. The van der Waals surface area contributed by atoms with Crippen LogP contribution in [0.3, 0.4) is 0 Å². The predicted octanol–water partition coefficient (Wildman–Crippen LogP) is 3.70. The van der Waals surface area contributed by atoms with Crippen LogP contribution in [0.4, 0.5) is 0 Å². The fraction of sp³-hybridized carbons (Fsp3) is 0.188. The molecule has 0 radical (unpaired) electrons. The van der Waals surface area contributed by atoms with Crippen molar-refractivity contribution in [1.29, 1.82) is 0 Å². The molecular formula is C16H15Cl2NO3. The smallest absolute Gasteiger partial charge is 0.258 e. The van der Waals surface area contributed by atoms with Crippen molar-refractivity contribution in [2.75, 3.05) is 13.7 Å². The molecule has 22 heavy (non-hydrogen) atoms. The Labute approximate surface area is 138 Å². The lowest BCUT2D eigenvalue weighted by Crippen LogP contribution is -2.28. The maximum atomic E-state index is 11.8. The summed E-state index contributed by atoms with van der Waals surface area (Å²) in [5, 5.41) is 3.48. The first-order valence-electron chi connectivity index (χ1n) is 6.57. The summed E-state index contributed by atoms with van der Waals surface area (Å²) in [6.07, 6.45) is 0. The fourth-order valence-corrected chi connectivity index (χ4v) is 2.36. The molecule has 6 heteroatoms. The second kappa shape index (κ2) is 7.92. The van der Waals surface area contributed by atoms with Crippen LogP contribution < -0.4 is 14.8 Å². The van der Waals surface area contributed by atoms with Gasteiger partial charge in [-0.1, -0.05) is 47.5 Å². The van der Waals surface area contributed by atoms with E-state index in [4.69, 9.17) is 32.7 Å². The Hall–Kier alpha value is -1.91. The van der Waals surface area contributed by atoms with Gasteiger partial charge in [0, 0.05) is 12.1 Å². The van der Waals surface area contributed by atoms with Crippen molar-refractivity contribution < 1.29 is 14.3 Å². The number of para-hydroxylation sites is 2. The Morgan fingerprint density at radius 3 is 2.45 bits per heavy atom. The third-order valence-corrected chi connectivity index (χ3v) is 3.53. The molecular weight excluding hydrogens is 325 g/mol. The first-order chi connectivity index (χ1) is 10.6. The molecule has 0 spiro atoms. The summed E-state index contributed by atoms with van der Waals surface area (Å²) in [6.45, 7) is 0.182. The van der Waals surface area contributed by atoms with Gasteiger partial charge in [0.05, 0.1) is 17.2 Å². The molecule has 1 N–H and O–H groups in total. The Morgan fingerprint density at radius 2 is 1.77 bits per heavy atom. The van der Waals surface area contributed by atoms with Crippen LogP contribution >= 0.6 is 23.2 Å². The van der Waals surface area contributed by atoms with Gasteiger partial charge in [0.1, 0.15) is 5.75 Å². The van der Waals surface area contributed by atoms with Crippen LogP contribution in [0.2, 0.25) is 10.0 Å². The van der Waals surface area contributed by atoms with Gasteiger partial charge in [-0.2, -0.15) is 0 Å². The van der Waals surface area contributed by atoms with Gasteiger partial charge in [0.15, 0.2) is 12.4 Å². The molecule has 0 bridgehead atoms. The van der Waals surface area contributed by atoms with E-state index in [9.17, 15) is 4.79 Å². The van der Waals surface area contributed by atoms with Crippen molar-refractivity contribution in [2.45, 2.75) is 6.54 Å². The SMILES string of the molecule is COc1ccccc1CNC(=O)COc1c(Cl)cccc1Cl. The topological polar surface area (TPSA) is 47.6 Å². The molecule has 4 nitrogen and oxygen atoms in total. The van der Waals surface area contributed by atoms with Crippen LogP contribution in [0.5, 0.6) is 11.5 Å². The van der Waals surface area contributed by atoms with Crippen molar-refractivity contribution in [1.82, 2.24) is 5.32 Å². The number of methoxy groups -OCH3 is 1. The summed E-state index contributed by atoms with van der Waals surface area (Å²) in [5.41, 5.74) is 0.883. The van der Waals surface area contributed by atoms with E-state index in [0.29, 0.717) is 22.3 Å². The van der Waals surface area contributed by atoms with Crippen molar-refractivity contribution in [2.24, 2.45) is 0 Å². The highest BCUT2D eigenvalue weighted by atomic mass is 35.5. The molecule has 2 aromatic rings. The number of hydrogen-bond acceptors (Lipinski definition) is 3. The van der Waals surface area contributed by atoms with E-state index in [1.54, 1.807) is 25.3 Å². The lowest BCUT2D eigenvalue weighted by molar-refractivity contribution is -0.123. The normalized spacial score (nSPS) is 10.1. The average molecular weight is 340 g/mol. The lowest BCUT2D eigenvalue weighted by atomic mass is 10.2. The summed E-state index contributed by atoms with van der Waals surface area (Å²) in [5.74, 6) is 0.748. The number of nitrogens with one attached hydrogen (secondary N) is 1. The van der Waals surface area contributed by atoms with Crippen molar-refractivity contribution >= 4 is 29.1 Å². The molecule has 0 aromatic heterocycles. The number of ether oxygens (including phenoxy) is 2. The Kier molecular flexibility index (Phi) is 5.92. The Balaban J connectivity index is 1.88. The van der Waals surface area contributed by atoms with Gasteiger partial charge in [-0.15, -0.1) is 0 Å². The Morgan fingerprint density at radius 1 is 1.09 bits per heavy atom. The van der Waals surface area contributed by atoms with Gasteiger partial charge in [-0.3, -0.25) is 4.79 Å². The standard InChI is InChI=1S/C16H15Cl2NO3/c1-21-14-8-3-2-5-11(14)9-19-15(20)10-22-16-12(17)6-4-7-13(16)18/h2-8H,9-10H2,1H3,(H,19,20). The van der Waals surface area contributed by atoms with Crippen molar-refractivity contribution in [3.05, 3.63) is 58.1 Å². The number of amides is 1. The summed E-state index contributed by atoms with van der Waals surface area (Å²) in [4.78, 5) is 11.8. The van der Waals surface area contributed by atoms with Gasteiger partial charge in [-0.25, -0.2) is 0 Å². The number of halogens is 2. The van der Waals surface area contributed by atoms with Crippen LogP contribution in [0.15, 0.2) is 42.5 Å². The largest absolute Gasteiger partial charge is 0.496 e. The molecule has 0 saturated carbocycles. The summed E-state index contributed by atoms with van der Waals surface area (Å²) < 4.78 is 10.6. The van der Waals surface area contributed by atoms with E-state index in [-0.39, 0.29) is 12.5 Å². The molecule has 2 aromatic carbocycles. The average Bonchev–Trinajstić information content (AvgIpc) is 2.52.